The van der Waals surface area contributed by atoms with Crippen LogP contribution in [-0.4, -0.2) is 32.9 Å². The van der Waals surface area contributed by atoms with E-state index in [1.807, 2.05) is 16.8 Å². The van der Waals surface area contributed by atoms with Crippen molar-refractivity contribution >= 4 is 22.8 Å². The van der Waals surface area contributed by atoms with Crippen LogP contribution in [0.25, 0.3) is 16.8 Å². The van der Waals surface area contributed by atoms with Crippen molar-refractivity contribution in [3.63, 3.8) is 0 Å². The zero-order valence-corrected chi connectivity index (χ0v) is 10.6. The summed E-state index contributed by atoms with van der Waals surface area (Å²) in [6.45, 7) is 0. The molecule has 0 aliphatic heterocycles. The summed E-state index contributed by atoms with van der Waals surface area (Å²) < 4.78 is 5.83. The van der Waals surface area contributed by atoms with Crippen LogP contribution >= 0.6 is 11.3 Å². The van der Waals surface area contributed by atoms with Gasteiger partial charge in [-0.05, 0) is 11.4 Å². The molecule has 0 bridgehead atoms. The molecule has 96 valence electrons. The second kappa shape index (κ2) is 4.32. The first-order chi connectivity index (χ1) is 9.20. The number of hydrogen-bond donors (Lipinski definition) is 1. The predicted octanol–water partition coefficient (Wildman–Crippen LogP) is 0.933. The highest BCUT2D eigenvalue weighted by molar-refractivity contribution is 7.08. The number of carbonyl (C=O) groups excluding carboxylic acids is 1. The quantitative estimate of drug-likeness (QED) is 0.703. The summed E-state index contributed by atoms with van der Waals surface area (Å²) in [5.41, 5.74) is 1.03. The lowest BCUT2D eigenvalue weighted by molar-refractivity contribution is 0.0596. The van der Waals surface area contributed by atoms with Gasteiger partial charge >= 0.3 is 5.97 Å². The smallest absolute Gasteiger partial charge is 0.361 e. The number of methoxy groups -OCH3 is 1. The molecule has 8 heteroatoms. The van der Waals surface area contributed by atoms with Gasteiger partial charge in [0.15, 0.2) is 5.52 Å². The van der Waals surface area contributed by atoms with Gasteiger partial charge in [-0.1, -0.05) is 5.21 Å². The fraction of sp³-hybridized carbons (Fsp3) is 0.0909. The number of aromatic nitrogens is 4. The summed E-state index contributed by atoms with van der Waals surface area (Å²) in [5.74, 6) is -0.691. The van der Waals surface area contributed by atoms with E-state index in [-0.39, 0.29) is 11.2 Å². The van der Waals surface area contributed by atoms with E-state index >= 15 is 0 Å². The van der Waals surface area contributed by atoms with Crippen LogP contribution < -0.4 is 5.56 Å². The van der Waals surface area contributed by atoms with Gasteiger partial charge in [-0.15, -0.1) is 5.10 Å². The van der Waals surface area contributed by atoms with E-state index in [0.717, 1.165) is 5.56 Å². The Bertz CT molecular complexity index is 803. The van der Waals surface area contributed by atoms with Crippen molar-refractivity contribution < 1.29 is 9.53 Å². The van der Waals surface area contributed by atoms with Gasteiger partial charge in [-0.3, -0.25) is 4.79 Å². The summed E-state index contributed by atoms with van der Waals surface area (Å²) in [7, 11) is 1.22. The fourth-order valence-electron chi connectivity index (χ4n) is 1.73. The van der Waals surface area contributed by atoms with Gasteiger partial charge in [-0.2, -0.15) is 11.3 Å². The molecule has 0 saturated carbocycles. The minimum Gasteiger partial charge on any atom is -0.464 e. The predicted molar refractivity (Wildman–Crippen MR) is 68.3 cm³/mol. The van der Waals surface area contributed by atoms with Crippen LogP contribution in [0, 0.1) is 0 Å². The highest BCUT2D eigenvalue weighted by Crippen LogP contribution is 2.19. The van der Waals surface area contributed by atoms with Crippen LogP contribution in [0.5, 0.6) is 0 Å². The van der Waals surface area contributed by atoms with Gasteiger partial charge in [0.1, 0.15) is 0 Å². The molecule has 0 fully saturated rings. The molecule has 0 aliphatic carbocycles. The van der Waals surface area contributed by atoms with Gasteiger partial charge in [0, 0.05) is 10.9 Å². The number of fused-ring (bicyclic) bond motifs is 1. The van der Waals surface area contributed by atoms with E-state index in [9.17, 15) is 9.59 Å². The maximum Gasteiger partial charge on any atom is 0.361 e. The standard InChI is InChI=1S/C11H8N4O3S/c1-18-11(17)8-9-10(16)12-7(4-15(9)14-13-8)6-2-3-19-5-6/h2-5H,1H3,(H,12,16). The second-order valence-corrected chi connectivity index (χ2v) is 4.51. The molecule has 3 aromatic rings. The van der Waals surface area contributed by atoms with Crippen molar-refractivity contribution in [3.8, 4) is 11.3 Å². The molecule has 1 N–H and O–H groups in total. The zero-order chi connectivity index (χ0) is 13.4. The van der Waals surface area contributed by atoms with Gasteiger partial charge in [0.05, 0.1) is 19.0 Å². The van der Waals surface area contributed by atoms with E-state index in [4.69, 9.17) is 0 Å². The number of carbonyl (C=O) groups is 1. The third-order valence-corrected chi connectivity index (χ3v) is 3.30. The number of hydrogen-bond acceptors (Lipinski definition) is 6. The molecule has 3 aromatic heterocycles. The highest BCUT2D eigenvalue weighted by atomic mass is 32.1. The van der Waals surface area contributed by atoms with E-state index < -0.39 is 11.5 Å². The molecule has 0 unspecified atom stereocenters. The van der Waals surface area contributed by atoms with Crippen molar-refractivity contribution in [1.82, 2.24) is 19.8 Å². The van der Waals surface area contributed by atoms with Crippen LogP contribution in [0.1, 0.15) is 10.5 Å². The summed E-state index contributed by atoms with van der Waals surface area (Å²) in [5, 5.41) is 11.2. The number of nitrogens with one attached hydrogen (secondary N) is 1. The van der Waals surface area contributed by atoms with Crippen LogP contribution in [-0.2, 0) is 4.74 Å². The fourth-order valence-corrected chi connectivity index (χ4v) is 2.39. The van der Waals surface area contributed by atoms with Crippen molar-refractivity contribution in [1.29, 1.82) is 0 Å². The molecule has 0 spiro atoms. The molecule has 0 aliphatic rings. The Morgan fingerprint density at radius 3 is 3.05 bits per heavy atom. The van der Waals surface area contributed by atoms with Crippen molar-refractivity contribution in [3.05, 3.63) is 39.1 Å². The van der Waals surface area contributed by atoms with Crippen molar-refractivity contribution in [2.45, 2.75) is 0 Å². The first-order valence-electron chi connectivity index (χ1n) is 5.30. The molecule has 0 atom stereocenters. The molecule has 3 rings (SSSR count). The lowest BCUT2D eigenvalue weighted by Gasteiger charge is -1.99. The van der Waals surface area contributed by atoms with Crippen LogP contribution in [0.2, 0.25) is 0 Å². The Morgan fingerprint density at radius 1 is 1.53 bits per heavy atom. The van der Waals surface area contributed by atoms with E-state index in [2.05, 4.69) is 20.0 Å². The number of ether oxygens (including phenoxy) is 1. The average molecular weight is 276 g/mol. The minimum absolute atomic E-state index is 0.0748. The lowest BCUT2D eigenvalue weighted by Crippen LogP contribution is -2.14. The number of esters is 1. The van der Waals surface area contributed by atoms with Crippen LogP contribution in [0.15, 0.2) is 27.8 Å². The topological polar surface area (TPSA) is 89.3 Å². The first kappa shape index (κ1) is 11.6. The lowest BCUT2D eigenvalue weighted by atomic mass is 10.2. The number of thiophene rings is 1. The molecule has 0 aromatic carbocycles. The monoisotopic (exact) mass is 276 g/mol. The third kappa shape index (κ3) is 1.82. The van der Waals surface area contributed by atoms with E-state index in [1.165, 1.54) is 23.0 Å². The van der Waals surface area contributed by atoms with Crippen molar-refractivity contribution in [2.75, 3.05) is 7.11 Å². The first-order valence-corrected chi connectivity index (χ1v) is 6.24. The normalized spacial score (nSPS) is 10.8. The van der Waals surface area contributed by atoms with Gasteiger partial charge < -0.3 is 9.72 Å². The number of aromatic amines is 1. The Kier molecular flexibility index (Phi) is 2.64. The molecule has 0 radical (unpaired) electrons. The summed E-state index contributed by atoms with van der Waals surface area (Å²) in [6.07, 6.45) is 1.61. The largest absolute Gasteiger partial charge is 0.464 e. The van der Waals surface area contributed by atoms with Gasteiger partial charge in [0.25, 0.3) is 5.56 Å². The Morgan fingerprint density at radius 2 is 2.37 bits per heavy atom. The molecule has 7 nitrogen and oxygen atoms in total. The van der Waals surface area contributed by atoms with E-state index in [1.54, 1.807) is 6.20 Å². The maximum atomic E-state index is 12.0. The SMILES string of the molecule is COC(=O)c1nnn2cc(-c3ccsc3)[nH]c(=O)c12. The highest BCUT2D eigenvalue weighted by Gasteiger charge is 2.19. The third-order valence-electron chi connectivity index (χ3n) is 2.62. The zero-order valence-electron chi connectivity index (χ0n) is 9.78. The Labute approximate surface area is 110 Å². The molecule has 0 amide bonds. The summed E-state index contributed by atoms with van der Waals surface area (Å²) in [6, 6.07) is 1.87. The maximum absolute atomic E-state index is 12.0. The van der Waals surface area contributed by atoms with Crippen LogP contribution in [0.4, 0.5) is 0 Å². The summed E-state index contributed by atoms with van der Waals surface area (Å²) >= 11 is 1.52. The molecule has 19 heavy (non-hydrogen) atoms. The van der Waals surface area contributed by atoms with Crippen molar-refractivity contribution in [2.24, 2.45) is 0 Å². The van der Waals surface area contributed by atoms with Crippen LogP contribution in [0.3, 0.4) is 0 Å². The van der Waals surface area contributed by atoms with Gasteiger partial charge in [0.2, 0.25) is 5.69 Å². The summed E-state index contributed by atoms with van der Waals surface area (Å²) in [4.78, 5) is 26.2. The molecule has 0 saturated heterocycles. The van der Waals surface area contributed by atoms with E-state index in [0.29, 0.717) is 5.69 Å². The second-order valence-electron chi connectivity index (χ2n) is 3.73. The number of H-pyrrole nitrogens is 1. The Balaban J connectivity index is 2.25. The molecule has 3 heterocycles. The molecular formula is C11H8N4O3S. The number of nitrogens with zero attached hydrogens (tertiary/aromatic N) is 3. The minimum atomic E-state index is -0.691. The molecular weight excluding hydrogens is 268 g/mol. The number of rotatable bonds is 2. The Hall–Kier alpha value is -2.48. The average Bonchev–Trinajstić information content (AvgIpc) is 3.06. The van der Waals surface area contributed by atoms with Gasteiger partial charge in [-0.25, -0.2) is 9.31 Å².